The first-order valence-electron chi connectivity index (χ1n) is 5.88. The first-order chi connectivity index (χ1) is 9.50. The van der Waals surface area contributed by atoms with Crippen molar-refractivity contribution in [2.24, 2.45) is 0 Å². The monoisotopic (exact) mass is 295 g/mol. The fraction of sp³-hybridized carbons (Fsp3) is 0.143. The molecule has 0 amide bonds. The molecule has 2 rings (SSSR count). The largest absolute Gasteiger partial charge is 0.495 e. The first kappa shape index (κ1) is 14.3. The number of ether oxygens (including phenoxy) is 1. The summed E-state index contributed by atoms with van der Waals surface area (Å²) in [7, 11) is -2.24. The van der Waals surface area contributed by atoms with E-state index in [4.69, 9.17) is 4.74 Å². The van der Waals surface area contributed by atoms with Crippen LogP contribution in [0, 0.1) is 5.82 Å². The molecule has 0 aromatic heterocycles. The lowest BCUT2D eigenvalue weighted by Crippen LogP contribution is -2.15. The van der Waals surface area contributed by atoms with Gasteiger partial charge in [0, 0.05) is 6.07 Å². The predicted octanol–water partition coefficient (Wildman–Crippen LogP) is 2.78. The number of sulfonamides is 1. The fourth-order valence-electron chi connectivity index (χ4n) is 1.76. The minimum atomic E-state index is -3.63. The van der Waals surface area contributed by atoms with Gasteiger partial charge in [0.05, 0.1) is 18.6 Å². The molecular weight excluding hydrogens is 281 g/mol. The molecule has 0 fully saturated rings. The Hall–Kier alpha value is -2.08. The molecule has 106 valence electrons. The van der Waals surface area contributed by atoms with Crippen LogP contribution >= 0.6 is 0 Å². The van der Waals surface area contributed by atoms with Crippen molar-refractivity contribution in [3.05, 3.63) is 59.9 Å². The van der Waals surface area contributed by atoms with E-state index in [1.807, 2.05) is 0 Å². The summed E-state index contributed by atoms with van der Waals surface area (Å²) in [6, 6.07) is 12.4. The van der Waals surface area contributed by atoms with Gasteiger partial charge in [-0.1, -0.05) is 30.3 Å². The van der Waals surface area contributed by atoms with Gasteiger partial charge in [-0.2, -0.15) is 0 Å². The van der Waals surface area contributed by atoms with Crippen molar-refractivity contribution in [1.29, 1.82) is 0 Å². The molecule has 0 spiro atoms. The number of methoxy groups -OCH3 is 1. The molecule has 0 unspecified atom stereocenters. The third-order valence-electron chi connectivity index (χ3n) is 2.63. The molecule has 0 bridgehead atoms. The fourth-order valence-corrected chi connectivity index (χ4v) is 2.96. The van der Waals surface area contributed by atoms with E-state index in [2.05, 4.69) is 4.72 Å². The van der Waals surface area contributed by atoms with E-state index in [1.165, 1.54) is 19.2 Å². The molecule has 0 aliphatic heterocycles. The maximum Gasteiger partial charge on any atom is 0.237 e. The van der Waals surface area contributed by atoms with E-state index >= 15 is 0 Å². The molecule has 0 aliphatic rings. The molecular formula is C14H14FNO3S. The second-order valence-electron chi connectivity index (χ2n) is 4.19. The zero-order valence-corrected chi connectivity index (χ0v) is 11.7. The highest BCUT2D eigenvalue weighted by molar-refractivity contribution is 7.91. The van der Waals surface area contributed by atoms with Crippen LogP contribution in [0.1, 0.15) is 5.56 Å². The zero-order valence-electron chi connectivity index (χ0n) is 10.8. The van der Waals surface area contributed by atoms with Gasteiger partial charge in [-0.3, -0.25) is 4.72 Å². The van der Waals surface area contributed by atoms with Crippen molar-refractivity contribution in [3.63, 3.8) is 0 Å². The van der Waals surface area contributed by atoms with Gasteiger partial charge in [0.2, 0.25) is 10.0 Å². The molecule has 2 aromatic rings. The van der Waals surface area contributed by atoms with Crippen molar-refractivity contribution >= 4 is 15.7 Å². The van der Waals surface area contributed by atoms with Gasteiger partial charge in [0.15, 0.2) is 0 Å². The van der Waals surface area contributed by atoms with E-state index in [0.717, 1.165) is 6.07 Å². The van der Waals surface area contributed by atoms with Crippen LogP contribution in [0.15, 0.2) is 48.5 Å². The summed E-state index contributed by atoms with van der Waals surface area (Å²) in [5, 5.41) is 0. The lowest BCUT2D eigenvalue weighted by Gasteiger charge is -2.11. The van der Waals surface area contributed by atoms with Crippen LogP contribution in [0.25, 0.3) is 0 Å². The second-order valence-corrected chi connectivity index (χ2v) is 5.91. The van der Waals surface area contributed by atoms with Gasteiger partial charge in [-0.05, 0) is 17.7 Å². The van der Waals surface area contributed by atoms with Crippen LogP contribution < -0.4 is 9.46 Å². The Bertz CT molecular complexity index is 687. The highest BCUT2D eigenvalue weighted by Gasteiger charge is 2.15. The molecule has 0 atom stereocenters. The highest BCUT2D eigenvalue weighted by atomic mass is 32.2. The topological polar surface area (TPSA) is 55.4 Å². The SMILES string of the molecule is COc1ccc(F)cc1NS(=O)(=O)Cc1ccccc1. The molecule has 0 saturated carbocycles. The van der Waals surface area contributed by atoms with Gasteiger partial charge in [0.25, 0.3) is 0 Å². The van der Waals surface area contributed by atoms with E-state index < -0.39 is 15.8 Å². The van der Waals surface area contributed by atoms with Gasteiger partial charge in [-0.15, -0.1) is 0 Å². The van der Waals surface area contributed by atoms with Crippen LogP contribution in [0.4, 0.5) is 10.1 Å². The quantitative estimate of drug-likeness (QED) is 0.923. The summed E-state index contributed by atoms with van der Waals surface area (Å²) in [6.07, 6.45) is 0. The number of benzene rings is 2. The van der Waals surface area contributed by atoms with Gasteiger partial charge < -0.3 is 4.74 Å². The number of hydrogen-bond acceptors (Lipinski definition) is 3. The molecule has 0 aliphatic carbocycles. The highest BCUT2D eigenvalue weighted by Crippen LogP contribution is 2.26. The number of anilines is 1. The van der Waals surface area contributed by atoms with Crippen LogP contribution in [0.5, 0.6) is 5.75 Å². The van der Waals surface area contributed by atoms with Crippen LogP contribution in [0.3, 0.4) is 0 Å². The van der Waals surface area contributed by atoms with Crippen molar-refractivity contribution in [2.45, 2.75) is 5.75 Å². The minimum absolute atomic E-state index is 0.0865. The Morgan fingerprint density at radius 3 is 2.50 bits per heavy atom. The Morgan fingerprint density at radius 2 is 1.85 bits per heavy atom. The molecule has 0 saturated heterocycles. The van der Waals surface area contributed by atoms with E-state index in [0.29, 0.717) is 5.56 Å². The summed E-state index contributed by atoms with van der Waals surface area (Å²) in [4.78, 5) is 0. The number of rotatable bonds is 5. The predicted molar refractivity (Wildman–Crippen MR) is 75.6 cm³/mol. The lowest BCUT2D eigenvalue weighted by molar-refractivity contribution is 0.416. The van der Waals surface area contributed by atoms with Crippen LogP contribution in [-0.4, -0.2) is 15.5 Å². The smallest absolute Gasteiger partial charge is 0.237 e. The van der Waals surface area contributed by atoms with E-state index in [9.17, 15) is 12.8 Å². The molecule has 6 heteroatoms. The third-order valence-corrected chi connectivity index (χ3v) is 3.87. The number of halogens is 1. The molecule has 2 aromatic carbocycles. The average Bonchev–Trinajstić information content (AvgIpc) is 2.39. The standard InChI is InChI=1S/C14H14FNO3S/c1-19-14-8-7-12(15)9-13(14)16-20(17,18)10-11-5-3-2-4-6-11/h2-9,16H,10H2,1H3. The van der Waals surface area contributed by atoms with Crippen molar-refractivity contribution in [1.82, 2.24) is 0 Å². The van der Waals surface area contributed by atoms with Crippen LogP contribution in [-0.2, 0) is 15.8 Å². The van der Waals surface area contributed by atoms with E-state index in [-0.39, 0.29) is 17.2 Å². The number of nitrogens with one attached hydrogen (secondary N) is 1. The molecule has 1 N–H and O–H groups in total. The molecule has 0 radical (unpaired) electrons. The van der Waals surface area contributed by atoms with Gasteiger partial charge in [0.1, 0.15) is 11.6 Å². The average molecular weight is 295 g/mol. The third kappa shape index (κ3) is 3.71. The summed E-state index contributed by atoms with van der Waals surface area (Å²) in [5.41, 5.74) is 0.735. The summed E-state index contributed by atoms with van der Waals surface area (Å²) < 4.78 is 44.7. The maximum absolute atomic E-state index is 13.2. The van der Waals surface area contributed by atoms with Crippen molar-refractivity contribution in [2.75, 3.05) is 11.8 Å². The Labute approximate surface area is 117 Å². The minimum Gasteiger partial charge on any atom is -0.495 e. The van der Waals surface area contributed by atoms with Gasteiger partial charge >= 0.3 is 0 Å². The summed E-state index contributed by atoms with van der Waals surface area (Å²) >= 11 is 0. The second kappa shape index (κ2) is 5.92. The number of hydrogen-bond donors (Lipinski definition) is 1. The van der Waals surface area contributed by atoms with Crippen LogP contribution in [0.2, 0.25) is 0 Å². The maximum atomic E-state index is 13.2. The Balaban J connectivity index is 2.22. The summed E-state index contributed by atoms with van der Waals surface area (Å²) in [6.45, 7) is 0. The van der Waals surface area contributed by atoms with Gasteiger partial charge in [-0.25, -0.2) is 12.8 Å². The Morgan fingerprint density at radius 1 is 1.15 bits per heavy atom. The molecule has 0 heterocycles. The lowest BCUT2D eigenvalue weighted by atomic mass is 10.2. The normalized spacial score (nSPS) is 11.1. The van der Waals surface area contributed by atoms with E-state index in [1.54, 1.807) is 30.3 Å². The molecule has 4 nitrogen and oxygen atoms in total. The summed E-state index contributed by atoms with van der Waals surface area (Å²) in [5.74, 6) is -0.459. The first-order valence-corrected chi connectivity index (χ1v) is 7.53. The van der Waals surface area contributed by atoms with Crippen molar-refractivity contribution < 1.29 is 17.5 Å². The molecule has 20 heavy (non-hydrogen) atoms. The zero-order chi connectivity index (χ0) is 14.6. The Kier molecular flexibility index (Phi) is 4.24. The van der Waals surface area contributed by atoms with Crippen molar-refractivity contribution in [3.8, 4) is 5.75 Å².